The smallest absolute Gasteiger partial charge is 0.404 e. The Hall–Kier alpha value is -4.00. The minimum absolute atomic E-state index is 0.00790. The number of hydrogen-bond acceptors (Lipinski definition) is 7. The number of amides is 4. The third kappa shape index (κ3) is 5.79. The second kappa shape index (κ2) is 11.2. The summed E-state index contributed by atoms with van der Waals surface area (Å²) in [4.78, 5) is 51.6. The highest BCUT2D eigenvalue weighted by atomic mass is 16.5. The first-order valence-corrected chi connectivity index (χ1v) is 11.3. The van der Waals surface area contributed by atoms with Gasteiger partial charge in [0.05, 0.1) is 13.2 Å². The third-order valence-electron chi connectivity index (χ3n) is 5.78. The van der Waals surface area contributed by atoms with E-state index >= 15 is 0 Å². The number of nitrogens with zero attached hydrogens (tertiary/aromatic N) is 2. The van der Waals surface area contributed by atoms with Crippen LogP contribution in [0.1, 0.15) is 5.56 Å². The summed E-state index contributed by atoms with van der Waals surface area (Å²) in [5.41, 5.74) is 2.18. The van der Waals surface area contributed by atoms with E-state index in [1.807, 2.05) is 0 Å². The lowest BCUT2D eigenvalue weighted by atomic mass is 10.1. The topological polar surface area (TPSA) is 158 Å². The molecule has 0 bridgehead atoms. The van der Waals surface area contributed by atoms with Crippen molar-refractivity contribution in [2.75, 3.05) is 48.0 Å². The maximum atomic E-state index is 13.2. The summed E-state index contributed by atoms with van der Waals surface area (Å²) in [6, 6.07) is 13.3. The van der Waals surface area contributed by atoms with Crippen molar-refractivity contribution in [1.29, 1.82) is 0 Å². The number of carbonyl (C=O) groups is 4. The Balaban J connectivity index is 1.41. The highest BCUT2D eigenvalue weighted by Crippen LogP contribution is 2.26. The van der Waals surface area contributed by atoms with Crippen molar-refractivity contribution in [2.24, 2.45) is 0 Å². The van der Waals surface area contributed by atoms with Crippen molar-refractivity contribution >= 4 is 40.9 Å². The van der Waals surface area contributed by atoms with Crippen molar-refractivity contribution in [2.45, 2.75) is 18.8 Å². The molecule has 4 amide bonds. The van der Waals surface area contributed by atoms with Gasteiger partial charge in [-0.2, -0.15) is 0 Å². The molecule has 2 aromatic rings. The molecule has 190 valence electrons. The van der Waals surface area contributed by atoms with Crippen LogP contribution < -0.4 is 20.4 Å². The van der Waals surface area contributed by atoms with Gasteiger partial charge in [0.15, 0.2) is 12.2 Å². The molecule has 2 unspecified atom stereocenters. The molecule has 0 aliphatic carbocycles. The summed E-state index contributed by atoms with van der Waals surface area (Å²) < 4.78 is 10.6. The van der Waals surface area contributed by atoms with Crippen LogP contribution in [0.5, 0.6) is 0 Å². The van der Waals surface area contributed by atoms with E-state index in [0.717, 1.165) is 0 Å². The number of aliphatic hydroxyl groups excluding tert-OH is 1. The van der Waals surface area contributed by atoms with Gasteiger partial charge in [0, 0.05) is 36.7 Å². The van der Waals surface area contributed by atoms with Crippen molar-refractivity contribution < 1.29 is 38.9 Å². The standard InChI is InChI=1S/C24H26N4O8/c29-19-14-35-10-8-27(19)17-2-1-3-18(12-17)28-9-11-36-21(23(28)32)20(30)22(31)26-16-6-4-15(5-7-16)13-25-24(33)34/h1-7,12,20-21,25,30H,8-11,13-14H2,(H,26,31)(H,33,34). The summed E-state index contributed by atoms with van der Waals surface area (Å²) in [6.45, 7) is 1.23. The molecule has 0 spiro atoms. The van der Waals surface area contributed by atoms with Gasteiger partial charge >= 0.3 is 6.09 Å². The van der Waals surface area contributed by atoms with Crippen LogP contribution in [0.3, 0.4) is 0 Å². The SMILES string of the molecule is O=C(O)NCc1ccc(NC(=O)C(O)C2OCCN(c3cccc(N4CCOCC4=O)c3)C2=O)cc1. The quantitative estimate of drug-likeness (QED) is 0.431. The van der Waals surface area contributed by atoms with Gasteiger partial charge in [-0.25, -0.2) is 4.79 Å². The molecule has 0 aromatic heterocycles. The first-order chi connectivity index (χ1) is 17.3. The summed E-state index contributed by atoms with van der Waals surface area (Å²) in [7, 11) is 0. The highest BCUT2D eigenvalue weighted by Gasteiger charge is 2.39. The van der Waals surface area contributed by atoms with Gasteiger partial charge in [-0.1, -0.05) is 18.2 Å². The highest BCUT2D eigenvalue weighted by molar-refractivity contribution is 6.04. The fraction of sp³-hybridized carbons (Fsp3) is 0.333. The number of hydrogen-bond donors (Lipinski definition) is 4. The molecule has 0 saturated carbocycles. The number of ether oxygens (including phenoxy) is 2. The van der Waals surface area contributed by atoms with Crippen LogP contribution in [-0.2, 0) is 30.4 Å². The number of nitrogens with one attached hydrogen (secondary N) is 2. The van der Waals surface area contributed by atoms with Gasteiger partial charge in [0.25, 0.3) is 17.7 Å². The zero-order valence-corrected chi connectivity index (χ0v) is 19.3. The van der Waals surface area contributed by atoms with Crippen LogP contribution in [0, 0.1) is 0 Å². The van der Waals surface area contributed by atoms with Crippen molar-refractivity contribution in [3.05, 3.63) is 54.1 Å². The molecule has 2 atom stereocenters. The molecule has 4 N–H and O–H groups in total. The average Bonchev–Trinajstić information content (AvgIpc) is 2.88. The predicted molar refractivity (Wildman–Crippen MR) is 128 cm³/mol. The Morgan fingerprint density at radius 1 is 1.03 bits per heavy atom. The Morgan fingerprint density at radius 3 is 2.42 bits per heavy atom. The van der Waals surface area contributed by atoms with Gasteiger partial charge in [-0.15, -0.1) is 0 Å². The number of morpholine rings is 2. The number of anilines is 3. The molecule has 12 nitrogen and oxygen atoms in total. The second-order valence-electron chi connectivity index (χ2n) is 8.19. The molecule has 0 radical (unpaired) electrons. The fourth-order valence-electron chi connectivity index (χ4n) is 3.95. The second-order valence-corrected chi connectivity index (χ2v) is 8.19. The van der Waals surface area contributed by atoms with Gasteiger partial charge in [-0.05, 0) is 35.9 Å². The van der Waals surface area contributed by atoms with E-state index in [2.05, 4.69) is 10.6 Å². The van der Waals surface area contributed by atoms with Crippen molar-refractivity contribution in [3.8, 4) is 0 Å². The number of carboxylic acid groups (broad SMARTS) is 1. The minimum atomic E-state index is -1.77. The molecular weight excluding hydrogens is 472 g/mol. The maximum Gasteiger partial charge on any atom is 0.404 e. The molecule has 2 heterocycles. The van der Waals surface area contributed by atoms with E-state index in [1.54, 1.807) is 53.4 Å². The first kappa shape index (κ1) is 25.1. The predicted octanol–water partition coefficient (Wildman–Crippen LogP) is 0.549. The monoisotopic (exact) mass is 498 g/mol. The summed E-state index contributed by atoms with van der Waals surface area (Å²) in [5, 5.41) is 24.0. The molecule has 2 aromatic carbocycles. The lowest BCUT2D eigenvalue weighted by Gasteiger charge is -2.35. The van der Waals surface area contributed by atoms with Crippen molar-refractivity contribution in [3.63, 3.8) is 0 Å². The van der Waals surface area contributed by atoms with Crippen LogP contribution in [0.4, 0.5) is 21.9 Å². The third-order valence-corrected chi connectivity index (χ3v) is 5.78. The van der Waals surface area contributed by atoms with Crippen LogP contribution >= 0.6 is 0 Å². The largest absolute Gasteiger partial charge is 0.465 e. The number of aliphatic hydroxyl groups is 1. The number of rotatable bonds is 7. The Bertz CT molecular complexity index is 1140. The summed E-state index contributed by atoms with van der Waals surface area (Å²) in [5.74, 6) is -1.58. The van der Waals surface area contributed by atoms with Crippen LogP contribution in [0.15, 0.2) is 48.5 Å². The lowest BCUT2D eigenvalue weighted by molar-refractivity contribution is -0.150. The van der Waals surface area contributed by atoms with Crippen molar-refractivity contribution in [1.82, 2.24) is 5.32 Å². The van der Waals surface area contributed by atoms with E-state index in [1.165, 1.54) is 4.90 Å². The Kier molecular flexibility index (Phi) is 7.78. The van der Waals surface area contributed by atoms with Gasteiger partial charge in [-0.3, -0.25) is 14.4 Å². The molecular formula is C24H26N4O8. The summed E-state index contributed by atoms with van der Waals surface area (Å²) in [6.07, 6.45) is -4.33. The number of carbonyl (C=O) groups excluding carboxylic acids is 3. The van der Waals surface area contributed by atoms with Crippen LogP contribution in [0.2, 0.25) is 0 Å². The molecule has 2 aliphatic rings. The fourth-order valence-corrected chi connectivity index (χ4v) is 3.95. The Labute approximate surface area is 206 Å². The van der Waals surface area contributed by atoms with Gasteiger partial charge in [0.2, 0.25) is 0 Å². The minimum Gasteiger partial charge on any atom is -0.465 e. The molecule has 2 fully saturated rings. The van der Waals surface area contributed by atoms with Crippen LogP contribution in [0.25, 0.3) is 0 Å². The molecule has 2 aliphatic heterocycles. The first-order valence-electron chi connectivity index (χ1n) is 11.3. The molecule has 2 saturated heterocycles. The molecule has 4 rings (SSSR count). The van der Waals surface area contributed by atoms with E-state index in [4.69, 9.17) is 14.6 Å². The van der Waals surface area contributed by atoms with Gasteiger partial charge < -0.3 is 40.1 Å². The van der Waals surface area contributed by atoms with Gasteiger partial charge in [0.1, 0.15) is 6.61 Å². The lowest BCUT2D eigenvalue weighted by Crippen LogP contribution is -2.55. The maximum absolute atomic E-state index is 13.2. The van der Waals surface area contributed by atoms with Crippen LogP contribution in [-0.4, -0.2) is 79.1 Å². The summed E-state index contributed by atoms with van der Waals surface area (Å²) >= 11 is 0. The zero-order valence-electron chi connectivity index (χ0n) is 19.3. The normalized spacial score (nSPS) is 19.1. The van der Waals surface area contributed by atoms with E-state index < -0.39 is 30.1 Å². The number of benzene rings is 2. The molecule has 12 heteroatoms. The zero-order chi connectivity index (χ0) is 25.7. The van der Waals surface area contributed by atoms with E-state index in [-0.39, 0.29) is 32.2 Å². The molecule has 36 heavy (non-hydrogen) atoms. The van der Waals surface area contributed by atoms with E-state index in [0.29, 0.717) is 35.8 Å². The van der Waals surface area contributed by atoms with E-state index in [9.17, 15) is 24.3 Å². The average molecular weight is 498 g/mol. The Morgan fingerprint density at radius 2 is 1.72 bits per heavy atom.